The first-order chi connectivity index (χ1) is 15.9. The molecule has 1 fully saturated rings. The average Bonchev–Trinajstić information content (AvgIpc) is 2.73. The Kier molecular flexibility index (Phi) is 8.95. The molecule has 1 aromatic rings. The Morgan fingerprint density at radius 2 is 1.91 bits per heavy atom. The van der Waals surface area contributed by atoms with Gasteiger partial charge in [-0.1, -0.05) is 18.7 Å². The Morgan fingerprint density at radius 1 is 1.26 bits per heavy atom. The van der Waals surface area contributed by atoms with Gasteiger partial charge < -0.3 is 10.4 Å². The van der Waals surface area contributed by atoms with E-state index in [1.165, 1.54) is 0 Å². The van der Waals surface area contributed by atoms with E-state index in [-0.39, 0.29) is 16.8 Å². The fourth-order valence-corrected chi connectivity index (χ4v) is 5.16. The molecular formula is C29H39N4O+. The first kappa shape index (κ1) is 27.0. The largest absolute Gasteiger partial charge is 0.507 e. The van der Waals surface area contributed by atoms with Crippen LogP contribution in [0.4, 0.5) is 0 Å². The quantitative estimate of drug-likeness (QED) is 0.318. The minimum Gasteiger partial charge on any atom is -0.507 e. The van der Waals surface area contributed by atoms with Crippen LogP contribution in [-0.2, 0) is 0 Å². The van der Waals surface area contributed by atoms with Crippen molar-refractivity contribution in [3.05, 3.63) is 70.4 Å². The van der Waals surface area contributed by atoms with Crippen molar-refractivity contribution in [2.45, 2.75) is 71.9 Å². The Morgan fingerprint density at radius 3 is 2.41 bits per heavy atom. The summed E-state index contributed by atoms with van der Waals surface area (Å²) in [6, 6.07) is 5.32. The number of aromatic hydroxyl groups is 1. The number of rotatable bonds is 8. The SMILES string of the molecule is C#[N+]/C(=C\C(N=C)=C(/C)CC1CC(C)(C)NC(C)(C)C1)c1ccc(/C(C=C)=C/N=CC)cc1O. The number of benzene rings is 1. The highest BCUT2D eigenvalue weighted by molar-refractivity contribution is 5.81. The summed E-state index contributed by atoms with van der Waals surface area (Å²) < 4.78 is 0. The molecule has 0 aliphatic carbocycles. The topological polar surface area (TPSA) is 61.3 Å². The highest BCUT2D eigenvalue weighted by Crippen LogP contribution is 2.37. The van der Waals surface area contributed by atoms with Crippen LogP contribution in [0.25, 0.3) is 16.1 Å². The fourth-order valence-electron chi connectivity index (χ4n) is 5.16. The van der Waals surface area contributed by atoms with Crippen LogP contribution in [0, 0.1) is 12.5 Å². The Balaban J connectivity index is 2.38. The zero-order valence-electron chi connectivity index (χ0n) is 21.5. The number of nitrogens with one attached hydrogen (secondary N) is 1. The molecule has 0 atom stereocenters. The summed E-state index contributed by atoms with van der Waals surface area (Å²) in [4.78, 5) is 12.3. The first-order valence-corrected chi connectivity index (χ1v) is 11.7. The van der Waals surface area contributed by atoms with Gasteiger partial charge in [-0.3, -0.25) is 9.98 Å². The molecule has 180 valence electrons. The molecule has 2 N–H and O–H groups in total. The monoisotopic (exact) mass is 459 g/mol. The van der Waals surface area contributed by atoms with Crippen LogP contribution in [0.1, 0.15) is 71.9 Å². The van der Waals surface area contributed by atoms with E-state index in [0.29, 0.717) is 17.2 Å². The molecule has 0 radical (unpaired) electrons. The molecule has 2 rings (SSSR count). The van der Waals surface area contributed by atoms with Gasteiger partial charge >= 0.3 is 5.70 Å². The second kappa shape index (κ2) is 11.3. The van der Waals surface area contributed by atoms with Crippen molar-refractivity contribution in [2.24, 2.45) is 15.9 Å². The number of hydrogen-bond donors (Lipinski definition) is 2. The van der Waals surface area contributed by atoms with Crippen LogP contribution in [0.3, 0.4) is 0 Å². The maximum Gasteiger partial charge on any atom is 0.352 e. The molecule has 1 aliphatic rings. The average molecular weight is 460 g/mol. The molecule has 0 aromatic heterocycles. The van der Waals surface area contributed by atoms with Crippen LogP contribution in [-0.4, -0.2) is 29.1 Å². The molecule has 34 heavy (non-hydrogen) atoms. The van der Waals surface area contributed by atoms with Gasteiger partial charge in [-0.05, 0) is 107 Å². The van der Waals surface area contributed by atoms with Crippen LogP contribution >= 0.6 is 0 Å². The molecule has 0 bridgehead atoms. The normalized spacial score (nSPS) is 19.4. The lowest BCUT2D eigenvalue weighted by Crippen LogP contribution is -2.57. The third kappa shape index (κ3) is 7.13. The summed E-state index contributed by atoms with van der Waals surface area (Å²) in [5.74, 6) is 0.589. The van der Waals surface area contributed by atoms with Gasteiger partial charge in [-0.2, -0.15) is 0 Å². The van der Waals surface area contributed by atoms with Crippen molar-refractivity contribution in [1.82, 2.24) is 5.32 Å². The van der Waals surface area contributed by atoms with Crippen LogP contribution in [0.2, 0.25) is 0 Å². The zero-order valence-corrected chi connectivity index (χ0v) is 21.5. The summed E-state index contributed by atoms with van der Waals surface area (Å²) in [5.41, 5.74) is 4.56. The molecule has 0 saturated carbocycles. The molecule has 5 heteroatoms. The van der Waals surface area contributed by atoms with Gasteiger partial charge in [-0.25, -0.2) is 0 Å². The Hall–Kier alpha value is -3.23. The molecule has 1 aliphatic heterocycles. The summed E-state index contributed by atoms with van der Waals surface area (Å²) in [5, 5.41) is 14.5. The smallest absolute Gasteiger partial charge is 0.352 e. The molecule has 1 aromatic carbocycles. The predicted molar refractivity (Wildman–Crippen MR) is 148 cm³/mol. The van der Waals surface area contributed by atoms with E-state index in [2.05, 4.69) is 68.1 Å². The molecule has 1 saturated heterocycles. The number of hydrogen-bond acceptors (Lipinski definition) is 4. The molecular weight excluding hydrogens is 420 g/mol. The minimum absolute atomic E-state index is 0.0640. The minimum atomic E-state index is 0.0640. The molecule has 0 unspecified atom stereocenters. The number of allylic oxidation sites excluding steroid dienone is 4. The van der Waals surface area contributed by atoms with Crippen molar-refractivity contribution in [3.8, 4) is 12.3 Å². The Bertz CT molecular complexity index is 1080. The van der Waals surface area contributed by atoms with Crippen molar-refractivity contribution < 1.29 is 5.11 Å². The second-order valence-corrected chi connectivity index (χ2v) is 10.3. The first-order valence-electron chi connectivity index (χ1n) is 11.7. The molecule has 1 heterocycles. The third-order valence-corrected chi connectivity index (χ3v) is 6.08. The van der Waals surface area contributed by atoms with Gasteiger partial charge in [0.2, 0.25) is 0 Å². The van der Waals surface area contributed by atoms with E-state index in [1.807, 2.05) is 13.0 Å². The highest BCUT2D eigenvalue weighted by atomic mass is 16.3. The number of nitrogens with zero attached hydrogens (tertiary/aromatic N) is 3. The van der Waals surface area contributed by atoms with Gasteiger partial charge in [0, 0.05) is 23.5 Å². The molecule has 0 spiro atoms. The maximum atomic E-state index is 10.7. The molecule has 0 amide bonds. The van der Waals surface area contributed by atoms with E-state index >= 15 is 0 Å². The number of piperidine rings is 1. The lowest BCUT2D eigenvalue weighted by molar-refractivity contribution is 0.128. The summed E-state index contributed by atoms with van der Waals surface area (Å²) in [6.45, 7) is 26.3. The van der Waals surface area contributed by atoms with E-state index in [1.54, 1.807) is 36.7 Å². The lowest BCUT2D eigenvalue weighted by atomic mass is 9.73. The number of phenolic OH excluding ortho intramolecular Hbond substituents is 1. The second-order valence-electron chi connectivity index (χ2n) is 10.3. The summed E-state index contributed by atoms with van der Waals surface area (Å²) in [6.07, 6.45) is 9.95. The van der Waals surface area contributed by atoms with Crippen molar-refractivity contribution in [3.63, 3.8) is 0 Å². The van der Waals surface area contributed by atoms with Gasteiger partial charge in [0.15, 0.2) is 0 Å². The fraction of sp³-hybridized carbons (Fsp3) is 0.414. The number of phenols is 1. The van der Waals surface area contributed by atoms with Crippen molar-refractivity contribution in [2.75, 3.05) is 0 Å². The standard InChI is InChI=1S/C29H38N4O/c1-10-22(19-32-11-2)23-12-13-24(27(34)15-23)26(31-9)16-25(30-8)20(3)14-21-17-28(4,5)33-29(6,7)18-21/h9-13,15-16,19,21,33H,1,8,14,17-18H2,2-7H3/p+1/b22-19+,25-20-,26-16-,32-11?. The van der Waals surface area contributed by atoms with Crippen LogP contribution < -0.4 is 5.32 Å². The van der Waals surface area contributed by atoms with E-state index in [0.717, 1.165) is 41.7 Å². The summed E-state index contributed by atoms with van der Waals surface area (Å²) in [7, 11) is 0. The highest BCUT2D eigenvalue weighted by Gasteiger charge is 2.37. The van der Waals surface area contributed by atoms with Gasteiger partial charge in [0.25, 0.3) is 6.57 Å². The van der Waals surface area contributed by atoms with Crippen molar-refractivity contribution >= 4 is 24.2 Å². The van der Waals surface area contributed by atoms with E-state index in [4.69, 9.17) is 6.57 Å². The Labute approximate surface area is 205 Å². The zero-order chi connectivity index (χ0) is 25.5. The maximum absolute atomic E-state index is 10.7. The molecule has 5 nitrogen and oxygen atoms in total. The van der Waals surface area contributed by atoms with E-state index in [9.17, 15) is 5.11 Å². The van der Waals surface area contributed by atoms with Gasteiger partial charge in [0.05, 0.1) is 11.8 Å². The van der Waals surface area contributed by atoms with Crippen LogP contribution in [0.5, 0.6) is 5.75 Å². The number of aliphatic imine (C=N–C) groups is 2. The van der Waals surface area contributed by atoms with Crippen molar-refractivity contribution in [1.29, 1.82) is 0 Å². The summed E-state index contributed by atoms with van der Waals surface area (Å²) >= 11 is 0. The lowest BCUT2D eigenvalue weighted by Gasteiger charge is -2.46. The third-order valence-electron chi connectivity index (χ3n) is 6.08. The van der Waals surface area contributed by atoms with Crippen LogP contribution in [0.15, 0.2) is 64.4 Å². The van der Waals surface area contributed by atoms with Gasteiger partial charge in [-0.15, -0.1) is 0 Å². The predicted octanol–water partition coefficient (Wildman–Crippen LogP) is 7.23. The van der Waals surface area contributed by atoms with E-state index < -0.39 is 0 Å². The van der Waals surface area contributed by atoms with Gasteiger partial charge in [0.1, 0.15) is 11.3 Å².